The molecule has 2 nitrogen and oxygen atoms in total. The van der Waals surface area contributed by atoms with Crippen molar-refractivity contribution in [2.45, 2.75) is 30.0 Å². The quantitative estimate of drug-likeness (QED) is 0.427. The van der Waals surface area contributed by atoms with Gasteiger partial charge in [0, 0.05) is 6.42 Å². The fourth-order valence-electron chi connectivity index (χ4n) is 0.287. The van der Waals surface area contributed by atoms with Gasteiger partial charge in [-0.15, -0.1) is 0 Å². The Labute approximate surface area is 87.2 Å². The van der Waals surface area contributed by atoms with Crippen LogP contribution in [0.5, 0.6) is 0 Å². The Morgan fingerprint density at radius 2 is 1.67 bits per heavy atom. The zero-order valence-corrected chi connectivity index (χ0v) is 8.99. The van der Waals surface area contributed by atoms with Gasteiger partial charge in [-0.1, -0.05) is 48.1 Å². The first kappa shape index (κ1) is 14.7. The molecule has 0 unspecified atom stereocenters. The van der Waals surface area contributed by atoms with Gasteiger partial charge in [0.05, 0.1) is 0 Å². The van der Waals surface area contributed by atoms with E-state index in [2.05, 4.69) is 6.92 Å². The Morgan fingerprint density at radius 3 is 1.75 bits per heavy atom. The smallest absolute Gasteiger partial charge is 0.245 e. The summed E-state index contributed by atoms with van der Waals surface area (Å²) in [6, 6.07) is 0. The van der Waals surface area contributed by atoms with Crippen LogP contribution in [0, 0.1) is 0 Å². The molecule has 0 amide bonds. The van der Waals surface area contributed by atoms with E-state index < -0.39 is 3.79 Å². The molecule has 0 rings (SSSR count). The highest BCUT2D eigenvalue weighted by Gasteiger charge is 2.16. The molecule has 0 fully saturated rings. The van der Waals surface area contributed by atoms with Crippen LogP contribution >= 0.6 is 34.8 Å². The summed E-state index contributed by atoms with van der Waals surface area (Å²) < 4.78 is -1.72. The minimum atomic E-state index is -1.72. The highest BCUT2D eigenvalue weighted by Crippen LogP contribution is 2.21. The van der Waals surface area contributed by atoms with Crippen molar-refractivity contribution in [3.8, 4) is 0 Å². The van der Waals surface area contributed by atoms with Crippen molar-refractivity contribution in [1.29, 1.82) is 0 Å². The number of carbonyl (C=O) groups is 2. The van der Waals surface area contributed by atoms with E-state index >= 15 is 0 Å². The summed E-state index contributed by atoms with van der Waals surface area (Å²) in [5.41, 5.74) is 0. The van der Waals surface area contributed by atoms with E-state index in [1.807, 2.05) is 0 Å². The molecule has 5 heteroatoms. The molecule has 0 saturated heterocycles. The van der Waals surface area contributed by atoms with Crippen molar-refractivity contribution in [3.05, 3.63) is 0 Å². The number of rotatable bonds is 3. The summed E-state index contributed by atoms with van der Waals surface area (Å²) in [5.74, 6) is 0. The number of alkyl halides is 3. The monoisotopic (exact) mass is 232 g/mol. The first-order chi connectivity index (χ1) is 5.47. The second-order valence-electron chi connectivity index (χ2n) is 1.97. The van der Waals surface area contributed by atoms with Gasteiger partial charge in [-0.05, 0) is 6.42 Å². The molecule has 0 bridgehead atoms. The second-order valence-corrected chi connectivity index (χ2v) is 4.34. The molecule has 0 aliphatic heterocycles. The van der Waals surface area contributed by atoms with Crippen LogP contribution in [0.1, 0.15) is 26.2 Å². The van der Waals surface area contributed by atoms with Crippen molar-refractivity contribution < 1.29 is 9.59 Å². The third kappa shape index (κ3) is 22.5. The number of hydrogen-bond donors (Lipinski definition) is 0. The van der Waals surface area contributed by atoms with Gasteiger partial charge in [0.1, 0.15) is 6.29 Å². The molecule has 0 aliphatic carbocycles. The first-order valence-corrected chi connectivity index (χ1v) is 4.58. The summed E-state index contributed by atoms with van der Waals surface area (Å²) in [5, 5.41) is 0. The van der Waals surface area contributed by atoms with Crippen LogP contribution in [0.15, 0.2) is 0 Å². The van der Waals surface area contributed by atoms with Crippen LogP contribution in [0.25, 0.3) is 0 Å². The van der Waals surface area contributed by atoms with Gasteiger partial charge in [-0.2, -0.15) is 0 Å². The van der Waals surface area contributed by atoms with E-state index in [1.54, 1.807) is 0 Å². The highest BCUT2D eigenvalue weighted by atomic mass is 35.6. The third-order valence-corrected chi connectivity index (χ3v) is 1.08. The maximum Gasteiger partial charge on any atom is 0.245 e. The van der Waals surface area contributed by atoms with Crippen molar-refractivity contribution in [2.24, 2.45) is 0 Å². The van der Waals surface area contributed by atoms with Crippen LogP contribution < -0.4 is 0 Å². The lowest BCUT2D eigenvalue weighted by atomic mass is 10.3. The molecule has 0 saturated carbocycles. The maximum atomic E-state index is 9.56. The van der Waals surface area contributed by atoms with E-state index in [0.29, 0.717) is 0 Å². The van der Waals surface area contributed by atoms with Gasteiger partial charge in [-0.25, -0.2) is 0 Å². The SMILES string of the molecule is CCCCC=O.O=CC(Cl)(Cl)Cl. The van der Waals surface area contributed by atoms with Crippen LogP contribution in [0.2, 0.25) is 0 Å². The summed E-state index contributed by atoms with van der Waals surface area (Å²) in [7, 11) is 0. The van der Waals surface area contributed by atoms with Gasteiger partial charge in [0.2, 0.25) is 3.79 Å². The summed E-state index contributed by atoms with van der Waals surface area (Å²) in [6.45, 7) is 2.07. The molecule has 0 N–H and O–H groups in total. The van der Waals surface area contributed by atoms with Crippen molar-refractivity contribution in [2.75, 3.05) is 0 Å². The Balaban J connectivity index is 0. The molecule has 12 heavy (non-hydrogen) atoms. The molecule has 0 heterocycles. The van der Waals surface area contributed by atoms with Crippen LogP contribution in [-0.4, -0.2) is 16.4 Å². The Bertz CT molecular complexity index is 120. The normalized spacial score (nSPS) is 9.67. The zero-order chi connectivity index (χ0) is 10.0. The average Bonchev–Trinajstić information content (AvgIpc) is 2.01. The van der Waals surface area contributed by atoms with Crippen LogP contribution in [-0.2, 0) is 9.59 Å². The fourth-order valence-corrected chi connectivity index (χ4v) is 0.287. The van der Waals surface area contributed by atoms with Gasteiger partial charge >= 0.3 is 0 Å². The molecular weight excluding hydrogens is 222 g/mol. The molecule has 0 atom stereocenters. The van der Waals surface area contributed by atoms with E-state index in [-0.39, 0.29) is 6.29 Å². The zero-order valence-electron chi connectivity index (χ0n) is 6.73. The minimum absolute atomic E-state index is 0.234. The van der Waals surface area contributed by atoms with Gasteiger partial charge in [0.15, 0.2) is 6.29 Å². The average molecular weight is 234 g/mol. The minimum Gasteiger partial charge on any atom is -0.303 e. The number of hydrogen-bond acceptors (Lipinski definition) is 2. The van der Waals surface area contributed by atoms with Crippen molar-refractivity contribution >= 4 is 47.4 Å². The molecular formula is C7H11Cl3O2. The Morgan fingerprint density at radius 1 is 1.25 bits per heavy atom. The first-order valence-electron chi connectivity index (χ1n) is 3.44. The largest absolute Gasteiger partial charge is 0.303 e. The number of aldehydes is 2. The predicted molar refractivity (Wildman–Crippen MR) is 51.9 cm³/mol. The molecule has 0 aliphatic rings. The summed E-state index contributed by atoms with van der Waals surface area (Å²) in [6.07, 6.45) is 4.10. The third-order valence-electron chi connectivity index (χ3n) is 0.809. The Kier molecular flexibility index (Phi) is 11.4. The standard InChI is InChI=1S/C5H10O.C2HCl3O/c1-2-3-4-5-6;3-2(4,5)1-6/h5H,2-4H2,1H3;1H. The number of halogens is 3. The Hall–Kier alpha value is 0.210. The van der Waals surface area contributed by atoms with E-state index in [0.717, 1.165) is 25.5 Å². The van der Waals surface area contributed by atoms with Gasteiger partial charge in [-0.3, -0.25) is 4.79 Å². The summed E-state index contributed by atoms with van der Waals surface area (Å²) in [4.78, 5) is 19.0. The number of carbonyl (C=O) groups excluding carboxylic acids is 2. The van der Waals surface area contributed by atoms with E-state index in [4.69, 9.17) is 34.8 Å². The van der Waals surface area contributed by atoms with E-state index in [1.165, 1.54) is 0 Å². The van der Waals surface area contributed by atoms with Gasteiger partial charge in [0.25, 0.3) is 0 Å². The maximum absolute atomic E-state index is 9.56. The van der Waals surface area contributed by atoms with Crippen molar-refractivity contribution in [3.63, 3.8) is 0 Å². The molecule has 0 spiro atoms. The number of unbranched alkanes of at least 4 members (excludes halogenated alkanes) is 2. The van der Waals surface area contributed by atoms with Crippen LogP contribution in [0.4, 0.5) is 0 Å². The summed E-state index contributed by atoms with van der Waals surface area (Å²) >= 11 is 14.6. The highest BCUT2D eigenvalue weighted by molar-refractivity contribution is 6.74. The predicted octanol–water partition coefficient (Wildman–Crippen LogP) is 2.93. The second kappa shape index (κ2) is 9.30. The lowest BCUT2D eigenvalue weighted by Gasteiger charge is -1.93. The lowest BCUT2D eigenvalue weighted by Crippen LogP contribution is -2.00. The topological polar surface area (TPSA) is 34.1 Å². The van der Waals surface area contributed by atoms with Crippen molar-refractivity contribution in [1.82, 2.24) is 0 Å². The van der Waals surface area contributed by atoms with Gasteiger partial charge < -0.3 is 4.79 Å². The molecule has 0 radical (unpaired) electrons. The molecule has 0 aromatic carbocycles. The van der Waals surface area contributed by atoms with E-state index in [9.17, 15) is 9.59 Å². The molecule has 0 aromatic heterocycles. The fraction of sp³-hybridized carbons (Fsp3) is 0.714. The molecule has 0 aromatic rings. The lowest BCUT2D eigenvalue weighted by molar-refractivity contribution is -0.108. The molecule has 72 valence electrons. The van der Waals surface area contributed by atoms with Crippen LogP contribution in [0.3, 0.4) is 0 Å².